The molecule has 0 atom stereocenters. The minimum Gasteiger partial charge on any atom is -0.356 e. The maximum Gasteiger partial charge on any atom is 0.216 e. The topological polar surface area (TPSA) is 29.1 Å². The minimum absolute atomic E-state index is 0.0430. The highest BCUT2D eigenvalue weighted by Gasteiger charge is 1.94. The van der Waals surface area contributed by atoms with Crippen LogP contribution in [-0.4, -0.2) is 12.5 Å². The van der Waals surface area contributed by atoms with Crippen molar-refractivity contribution in [3.05, 3.63) is 34.9 Å². The molecule has 0 aliphatic carbocycles. The number of hydrogen-bond acceptors (Lipinski definition) is 1. The van der Waals surface area contributed by atoms with Gasteiger partial charge in [0, 0.05) is 18.5 Å². The van der Waals surface area contributed by atoms with E-state index in [9.17, 15) is 4.79 Å². The molecule has 0 spiro atoms. The van der Waals surface area contributed by atoms with E-state index in [1.54, 1.807) is 6.92 Å². The Hall–Kier alpha value is -1.02. The fourth-order valence-corrected chi connectivity index (χ4v) is 1.50. The zero-order valence-electron chi connectivity index (χ0n) is 8.92. The molecule has 1 N–H and O–H groups in total. The predicted molar refractivity (Wildman–Crippen MR) is 63.1 cm³/mol. The fraction of sp³-hybridized carbons (Fsp3) is 0.417. The SMILES string of the molecule is CC(=O)NCCCCc1ccc(Cl)cc1. The number of aryl methyl sites for hydroxylation is 1. The average molecular weight is 226 g/mol. The summed E-state index contributed by atoms with van der Waals surface area (Å²) < 4.78 is 0. The summed E-state index contributed by atoms with van der Waals surface area (Å²) in [5.41, 5.74) is 1.29. The molecule has 0 aliphatic heterocycles. The first-order valence-electron chi connectivity index (χ1n) is 5.17. The summed E-state index contributed by atoms with van der Waals surface area (Å²) in [4.78, 5) is 10.6. The number of carbonyl (C=O) groups is 1. The van der Waals surface area contributed by atoms with Crippen LogP contribution < -0.4 is 5.32 Å². The van der Waals surface area contributed by atoms with E-state index in [2.05, 4.69) is 5.32 Å². The Bertz CT molecular complexity index is 308. The van der Waals surface area contributed by atoms with Crippen molar-refractivity contribution < 1.29 is 4.79 Å². The number of benzene rings is 1. The summed E-state index contributed by atoms with van der Waals surface area (Å²) in [5, 5.41) is 3.56. The van der Waals surface area contributed by atoms with Gasteiger partial charge in [-0.15, -0.1) is 0 Å². The molecule has 0 saturated heterocycles. The number of nitrogens with one attached hydrogen (secondary N) is 1. The molecule has 3 heteroatoms. The van der Waals surface area contributed by atoms with E-state index < -0.39 is 0 Å². The summed E-state index contributed by atoms with van der Waals surface area (Å²) in [7, 11) is 0. The van der Waals surface area contributed by atoms with E-state index in [1.165, 1.54) is 5.56 Å². The largest absolute Gasteiger partial charge is 0.356 e. The Kier molecular flexibility index (Phi) is 5.19. The van der Waals surface area contributed by atoms with Crippen molar-refractivity contribution in [2.24, 2.45) is 0 Å². The molecule has 0 radical (unpaired) electrons. The van der Waals surface area contributed by atoms with Crippen LogP contribution in [0.15, 0.2) is 24.3 Å². The van der Waals surface area contributed by atoms with E-state index >= 15 is 0 Å². The van der Waals surface area contributed by atoms with Gasteiger partial charge in [0.05, 0.1) is 0 Å². The van der Waals surface area contributed by atoms with Crippen molar-refractivity contribution in [2.75, 3.05) is 6.54 Å². The Labute approximate surface area is 95.6 Å². The van der Waals surface area contributed by atoms with Gasteiger partial charge in [0.15, 0.2) is 0 Å². The monoisotopic (exact) mass is 225 g/mol. The fourth-order valence-electron chi connectivity index (χ4n) is 1.37. The van der Waals surface area contributed by atoms with Crippen molar-refractivity contribution in [1.82, 2.24) is 5.32 Å². The summed E-state index contributed by atoms with van der Waals surface area (Å²) in [5.74, 6) is 0.0430. The highest BCUT2D eigenvalue weighted by atomic mass is 35.5. The second-order valence-corrected chi connectivity index (χ2v) is 4.00. The molecule has 0 aliphatic rings. The van der Waals surface area contributed by atoms with Crippen molar-refractivity contribution in [3.63, 3.8) is 0 Å². The van der Waals surface area contributed by atoms with E-state index in [0.717, 1.165) is 30.8 Å². The van der Waals surface area contributed by atoms with Crippen LogP contribution in [0.25, 0.3) is 0 Å². The van der Waals surface area contributed by atoms with Gasteiger partial charge in [-0.05, 0) is 37.0 Å². The third-order valence-corrected chi connectivity index (χ3v) is 2.43. The maximum atomic E-state index is 10.6. The number of amides is 1. The molecule has 82 valence electrons. The Morgan fingerprint density at radius 3 is 2.53 bits per heavy atom. The molecule has 0 bridgehead atoms. The standard InChI is InChI=1S/C12H16ClNO/c1-10(15)14-9-3-2-4-11-5-7-12(13)8-6-11/h5-8H,2-4,9H2,1H3,(H,14,15). The van der Waals surface area contributed by atoms with Crippen LogP contribution in [0.1, 0.15) is 25.3 Å². The molecule has 0 aromatic heterocycles. The average Bonchev–Trinajstić information content (AvgIpc) is 2.20. The highest BCUT2D eigenvalue weighted by Crippen LogP contribution is 2.11. The second kappa shape index (κ2) is 6.46. The Morgan fingerprint density at radius 1 is 1.27 bits per heavy atom. The van der Waals surface area contributed by atoms with Crippen LogP contribution in [0, 0.1) is 0 Å². The third kappa shape index (κ3) is 5.43. The second-order valence-electron chi connectivity index (χ2n) is 3.57. The molecule has 0 fully saturated rings. The molecule has 15 heavy (non-hydrogen) atoms. The summed E-state index contributed by atoms with van der Waals surface area (Å²) >= 11 is 5.78. The van der Waals surface area contributed by atoms with Gasteiger partial charge in [0.1, 0.15) is 0 Å². The molecule has 2 nitrogen and oxygen atoms in total. The lowest BCUT2D eigenvalue weighted by molar-refractivity contribution is -0.118. The first-order valence-corrected chi connectivity index (χ1v) is 5.55. The Morgan fingerprint density at radius 2 is 1.93 bits per heavy atom. The van der Waals surface area contributed by atoms with Gasteiger partial charge < -0.3 is 5.32 Å². The lowest BCUT2D eigenvalue weighted by Crippen LogP contribution is -2.20. The summed E-state index contributed by atoms with van der Waals surface area (Å²) in [6.45, 7) is 2.31. The van der Waals surface area contributed by atoms with Gasteiger partial charge in [-0.25, -0.2) is 0 Å². The molecule has 0 saturated carbocycles. The van der Waals surface area contributed by atoms with Gasteiger partial charge in [0.25, 0.3) is 0 Å². The van der Waals surface area contributed by atoms with Gasteiger partial charge in [-0.2, -0.15) is 0 Å². The van der Waals surface area contributed by atoms with Gasteiger partial charge in [-0.3, -0.25) is 4.79 Å². The van der Waals surface area contributed by atoms with Crippen LogP contribution in [0.5, 0.6) is 0 Å². The molecular formula is C12H16ClNO. The minimum atomic E-state index is 0.0430. The third-order valence-electron chi connectivity index (χ3n) is 2.18. The van der Waals surface area contributed by atoms with Gasteiger partial charge in [-0.1, -0.05) is 23.7 Å². The van der Waals surface area contributed by atoms with E-state index in [1.807, 2.05) is 24.3 Å². The zero-order valence-corrected chi connectivity index (χ0v) is 9.68. The predicted octanol–water partition coefficient (Wildman–Crippen LogP) is 2.80. The van der Waals surface area contributed by atoms with Crippen LogP contribution in [0.3, 0.4) is 0 Å². The quantitative estimate of drug-likeness (QED) is 0.768. The maximum absolute atomic E-state index is 10.6. The molecule has 1 aromatic carbocycles. The molecule has 1 rings (SSSR count). The highest BCUT2D eigenvalue weighted by molar-refractivity contribution is 6.30. The Balaban J connectivity index is 2.15. The van der Waals surface area contributed by atoms with Crippen LogP contribution in [0.4, 0.5) is 0 Å². The van der Waals surface area contributed by atoms with E-state index in [0.29, 0.717) is 0 Å². The molecule has 1 aromatic rings. The number of unbranched alkanes of at least 4 members (excludes halogenated alkanes) is 1. The van der Waals surface area contributed by atoms with Crippen molar-refractivity contribution >= 4 is 17.5 Å². The normalized spacial score (nSPS) is 10.0. The van der Waals surface area contributed by atoms with Crippen LogP contribution >= 0.6 is 11.6 Å². The number of carbonyl (C=O) groups excluding carboxylic acids is 1. The first-order chi connectivity index (χ1) is 7.18. The summed E-state index contributed by atoms with van der Waals surface area (Å²) in [6, 6.07) is 7.90. The number of rotatable bonds is 5. The number of hydrogen-bond donors (Lipinski definition) is 1. The zero-order chi connectivity index (χ0) is 11.1. The van der Waals surface area contributed by atoms with Crippen LogP contribution in [-0.2, 0) is 11.2 Å². The lowest BCUT2D eigenvalue weighted by Gasteiger charge is -2.02. The van der Waals surface area contributed by atoms with Gasteiger partial charge >= 0.3 is 0 Å². The van der Waals surface area contributed by atoms with E-state index in [4.69, 9.17) is 11.6 Å². The summed E-state index contributed by atoms with van der Waals surface area (Å²) in [6.07, 6.45) is 3.14. The smallest absolute Gasteiger partial charge is 0.216 e. The molecule has 0 heterocycles. The van der Waals surface area contributed by atoms with Crippen molar-refractivity contribution in [3.8, 4) is 0 Å². The molecule has 0 unspecified atom stereocenters. The lowest BCUT2D eigenvalue weighted by atomic mass is 10.1. The van der Waals surface area contributed by atoms with Crippen molar-refractivity contribution in [2.45, 2.75) is 26.2 Å². The van der Waals surface area contributed by atoms with Crippen molar-refractivity contribution in [1.29, 1.82) is 0 Å². The van der Waals surface area contributed by atoms with E-state index in [-0.39, 0.29) is 5.91 Å². The molecular weight excluding hydrogens is 210 g/mol. The number of halogens is 1. The van der Waals surface area contributed by atoms with Gasteiger partial charge in [0.2, 0.25) is 5.91 Å². The van der Waals surface area contributed by atoms with Crippen LogP contribution in [0.2, 0.25) is 5.02 Å². The molecule has 1 amide bonds. The first kappa shape index (κ1) is 12.1.